The lowest BCUT2D eigenvalue weighted by molar-refractivity contribution is -0.111. The van der Waals surface area contributed by atoms with Crippen molar-refractivity contribution in [3.63, 3.8) is 0 Å². The van der Waals surface area contributed by atoms with E-state index in [0.29, 0.717) is 34.9 Å². The van der Waals surface area contributed by atoms with Crippen LogP contribution in [0.3, 0.4) is 0 Å². The van der Waals surface area contributed by atoms with Gasteiger partial charge in [0.1, 0.15) is 23.3 Å². The minimum Gasteiger partial charge on any atom is -0.475 e. The topological polar surface area (TPSA) is 106 Å². The smallest absolute Gasteiger partial charge is 0.214 e. The summed E-state index contributed by atoms with van der Waals surface area (Å²) in [5.41, 5.74) is 2.99. The van der Waals surface area contributed by atoms with E-state index < -0.39 is 0 Å². The molecule has 2 aromatic heterocycles. The highest BCUT2D eigenvalue weighted by molar-refractivity contribution is 5.97. The number of nitrogens with one attached hydrogen (secondary N) is 2. The molecule has 3 heterocycles. The molecule has 1 aliphatic heterocycles. The normalized spacial score (nSPS) is 13.8. The Bertz CT molecular complexity index is 1120. The van der Waals surface area contributed by atoms with Crippen LogP contribution in [-0.2, 0) is 4.79 Å². The fourth-order valence-electron chi connectivity index (χ4n) is 3.86. The number of ether oxygens (including phenoxy) is 1. The third kappa shape index (κ3) is 16.1. The van der Waals surface area contributed by atoms with Gasteiger partial charge >= 0.3 is 0 Å². The highest BCUT2D eigenvalue weighted by Crippen LogP contribution is 2.29. The van der Waals surface area contributed by atoms with Crippen molar-refractivity contribution in [3.8, 4) is 5.88 Å². The molecule has 42 heavy (non-hydrogen) atoms. The Morgan fingerprint density at radius 1 is 1.12 bits per heavy atom. The zero-order valence-corrected chi connectivity index (χ0v) is 27.8. The number of aliphatic imine (C=N–C) groups is 1. The zero-order valence-electron chi connectivity index (χ0n) is 27.8. The SMILES string of the molecule is CCC.CCC[C@@H](C=O)CCCC(C)C.CN=C1CC=CC(C)=CN1.CNc1c(C=O)oc2ccc(OC(C)C)nc12. The number of allylic oxidation sites excluding steroid dienone is 2. The second kappa shape index (κ2) is 23.2. The third-order valence-electron chi connectivity index (χ3n) is 5.89. The van der Waals surface area contributed by atoms with Crippen LogP contribution in [-0.4, -0.2) is 43.6 Å². The average Bonchev–Trinajstić information content (AvgIpc) is 3.17. The van der Waals surface area contributed by atoms with Crippen LogP contribution < -0.4 is 15.4 Å². The number of furan rings is 1. The number of pyridine rings is 1. The van der Waals surface area contributed by atoms with Gasteiger partial charge in [-0.15, -0.1) is 0 Å². The van der Waals surface area contributed by atoms with Crippen LogP contribution in [0.25, 0.3) is 11.1 Å². The molecule has 0 saturated carbocycles. The lowest BCUT2D eigenvalue weighted by Crippen LogP contribution is -2.15. The maximum absolute atomic E-state index is 10.8. The number of hydrogen-bond donors (Lipinski definition) is 2. The molecule has 236 valence electrons. The van der Waals surface area contributed by atoms with Gasteiger partial charge in [-0.25, -0.2) is 4.98 Å². The van der Waals surface area contributed by atoms with Crippen LogP contribution in [0.15, 0.2) is 45.5 Å². The number of aromatic nitrogens is 1. The molecule has 0 radical (unpaired) electrons. The van der Waals surface area contributed by atoms with Crippen molar-refractivity contribution in [2.24, 2.45) is 16.8 Å². The number of hydrogen-bond acceptors (Lipinski definition) is 7. The summed E-state index contributed by atoms with van der Waals surface area (Å²) in [5, 5.41) is 6.01. The molecule has 8 heteroatoms. The summed E-state index contributed by atoms with van der Waals surface area (Å²) in [6.07, 6.45) is 15.9. The number of amidine groups is 1. The van der Waals surface area contributed by atoms with Crippen LogP contribution in [0, 0.1) is 11.8 Å². The van der Waals surface area contributed by atoms with Crippen LogP contribution in [0.1, 0.15) is 111 Å². The highest BCUT2D eigenvalue weighted by atomic mass is 16.5. The van der Waals surface area contributed by atoms with Gasteiger partial charge in [-0.2, -0.15) is 0 Å². The predicted octanol–water partition coefficient (Wildman–Crippen LogP) is 8.78. The van der Waals surface area contributed by atoms with Gasteiger partial charge in [0.25, 0.3) is 0 Å². The first-order valence-corrected chi connectivity index (χ1v) is 15.3. The third-order valence-corrected chi connectivity index (χ3v) is 5.89. The van der Waals surface area contributed by atoms with E-state index in [1.165, 1.54) is 24.8 Å². The second-order valence-electron chi connectivity index (χ2n) is 10.9. The van der Waals surface area contributed by atoms with Gasteiger partial charge in [-0.05, 0) is 51.2 Å². The lowest BCUT2D eigenvalue weighted by Gasteiger charge is -2.09. The summed E-state index contributed by atoms with van der Waals surface area (Å²) in [4.78, 5) is 29.8. The molecule has 0 saturated heterocycles. The molecule has 1 atom stereocenters. The Morgan fingerprint density at radius 3 is 2.33 bits per heavy atom. The van der Waals surface area contributed by atoms with E-state index >= 15 is 0 Å². The van der Waals surface area contributed by atoms with Crippen molar-refractivity contribution in [2.75, 3.05) is 19.4 Å². The summed E-state index contributed by atoms with van der Waals surface area (Å²) >= 11 is 0. The van der Waals surface area contributed by atoms with E-state index in [2.05, 4.69) is 74.3 Å². The average molecular weight is 585 g/mol. The number of fused-ring (bicyclic) bond motifs is 1. The zero-order chi connectivity index (χ0) is 31.9. The molecular weight excluding hydrogens is 528 g/mol. The summed E-state index contributed by atoms with van der Waals surface area (Å²) in [5.74, 6) is 2.89. The van der Waals surface area contributed by atoms with Crippen molar-refractivity contribution in [3.05, 3.63) is 41.8 Å². The molecule has 1 aliphatic rings. The number of nitrogens with zero attached hydrogens (tertiary/aromatic N) is 2. The molecule has 0 amide bonds. The first kappa shape index (κ1) is 38.6. The highest BCUT2D eigenvalue weighted by Gasteiger charge is 2.15. The van der Waals surface area contributed by atoms with Gasteiger partial charge in [0, 0.05) is 38.7 Å². The van der Waals surface area contributed by atoms with Gasteiger partial charge in [0.15, 0.2) is 17.6 Å². The summed E-state index contributed by atoms with van der Waals surface area (Å²) < 4.78 is 10.8. The molecule has 0 spiro atoms. The maximum atomic E-state index is 10.8. The van der Waals surface area contributed by atoms with E-state index in [1.807, 2.05) is 20.0 Å². The number of carbonyl (C=O) groups is 2. The number of aldehydes is 2. The fourth-order valence-corrected chi connectivity index (χ4v) is 3.86. The van der Waals surface area contributed by atoms with Crippen molar-refractivity contribution >= 4 is 35.2 Å². The van der Waals surface area contributed by atoms with Gasteiger partial charge < -0.3 is 24.6 Å². The Balaban J connectivity index is 0.000000595. The van der Waals surface area contributed by atoms with Gasteiger partial charge in [-0.1, -0.05) is 72.5 Å². The van der Waals surface area contributed by atoms with Crippen molar-refractivity contribution in [1.82, 2.24) is 10.3 Å². The molecule has 0 fully saturated rings. The molecular formula is C34H56N4O4. The minimum atomic E-state index is 0.0513. The number of carbonyl (C=O) groups excluding carboxylic acids is 2. The standard InChI is InChI=1S/C12H14N2O3.C11H22O.C8H12N2.C3H8/c1-7(2)16-10-5-4-8-12(14-10)11(13-3)9(6-15)17-8;1-4-6-11(9-12)8-5-7-10(2)3;1-7-4-3-5-8(9-2)10-6-7;1-3-2/h4-7,13H,1-3H3;9-11H,4-8H2,1-3H3;3-4,6H,5H2,1-2H3,(H,9,10);3H2,1-2H3/t;11-;;/m.1../s1. The Kier molecular flexibility index (Phi) is 21.3. The van der Waals surface area contributed by atoms with E-state index in [4.69, 9.17) is 9.15 Å². The molecule has 2 aromatic rings. The number of anilines is 1. The Labute approximate surface area is 254 Å². The molecule has 0 aromatic carbocycles. The molecule has 3 rings (SSSR count). The largest absolute Gasteiger partial charge is 0.475 e. The first-order chi connectivity index (χ1) is 20.1. The molecule has 2 N–H and O–H groups in total. The van der Waals surface area contributed by atoms with Gasteiger partial charge in [-0.3, -0.25) is 9.79 Å². The van der Waals surface area contributed by atoms with Crippen LogP contribution in [0.4, 0.5) is 5.69 Å². The quantitative estimate of drug-likeness (QED) is 0.254. The molecule has 8 nitrogen and oxygen atoms in total. The Hall–Kier alpha value is -3.42. The molecule has 0 aliphatic carbocycles. The van der Waals surface area contributed by atoms with E-state index in [9.17, 15) is 9.59 Å². The lowest BCUT2D eigenvalue weighted by atomic mass is 9.96. The summed E-state index contributed by atoms with van der Waals surface area (Å²) in [7, 11) is 3.51. The molecule has 0 unspecified atom stereocenters. The maximum Gasteiger partial charge on any atom is 0.214 e. The van der Waals surface area contributed by atoms with Crippen LogP contribution >= 0.6 is 0 Å². The summed E-state index contributed by atoms with van der Waals surface area (Å²) in [6.45, 7) is 16.8. The second-order valence-corrected chi connectivity index (χ2v) is 10.9. The van der Waals surface area contributed by atoms with Crippen molar-refractivity contribution < 1.29 is 18.7 Å². The molecule has 0 bridgehead atoms. The fraction of sp³-hybridized carbons (Fsp3) is 0.588. The monoisotopic (exact) mass is 584 g/mol. The van der Waals surface area contributed by atoms with Gasteiger partial charge in [0.05, 0.1) is 6.10 Å². The first-order valence-electron chi connectivity index (χ1n) is 15.3. The number of rotatable bonds is 11. The van der Waals surface area contributed by atoms with Crippen molar-refractivity contribution in [1.29, 1.82) is 0 Å². The van der Waals surface area contributed by atoms with Crippen molar-refractivity contribution in [2.45, 2.75) is 106 Å². The van der Waals surface area contributed by atoms with Gasteiger partial charge in [0.2, 0.25) is 5.88 Å². The summed E-state index contributed by atoms with van der Waals surface area (Å²) in [6, 6.07) is 3.47. The van der Waals surface area contributed by atoms with E-state index in [1.54, 1.807) is 26.2 Å². The Morgan fingerprint density at radius 2 is 1.81 bits per heavy atom. The van der Waals surface area contributed by atoms with Crippen LogP contribution in [0.2, 0.25) is 0 Å². The predicted molar refractivity (Wildman–Crippen MR) is 178 cm³/mol. The minimum absolute atomic E-state index is 0.0513. The van der Waals surface area contributed by atoms with Crippen LogP contribution in [0.5, 0.6) is 5.88 Å². The van der Waals surface area contributed by atoms with E-state index in [0.717, 1.165) is 43.7 Å². The van der Waals surface area contributed by atoms with E-state index in [-0.39, 0.29) is 11.9 Å².